The maximum atomic E-state index is 14.1. The molecule has 0 aliphatic heterocycles. The van der Waals surface area contributed by atoms with Gasteiger partial charge in [-0.3, -0.25) is 4.79 Å². The van der Waals surface area contributed by atoms with Gasteiger partial charge in [-0.25, -0.2) is 9.37 Å². The van der Waals surface area contributed by atoms with E-state index in [2.05, 4.69) is 25.9 Å². The van der Waals surface area contributed by atoms with Gasteiger partial charge in [0.2, 0.25) is 5.95 Å². The average Bonchev–Trinajstić information content (AvgIpc) is 2.70. The summed E-state index contributed by atoms with van der Waals surface area (Å²) < 4.78 is 19.6. The van der Waals surface area contributed by atoms with Crippen LogP contribution < -0.4 is 20.7 Å². The Kier molecular flexibility index (Phi) is 6.08. The molecule has 0 aliphatic carbocycles. The molecule has 0 fully saturated rings. The van der Waals surface area contributed by atoms with Gasteiger partial charge >= 0.3 is 0 Å². The summed E-state index contributed by atoms with van der Waals surface area (Å²) in [5, 5.41) is 17.8. The van der Waals surface area contributed by atoms with E-state index in [0.717, 1.165) is 11.8 Å². The van der Waals surface area contributed by atoms with Crippen molar-refractivity contribution < 1.29 is 19.0 Å². The van der Waals surface area contributed by atoms with Crippen molar-refractivity contribution in [2.24, 2.45) is 0 Å². The molecule has 0 atom stereocenters. The van der Waals surface area contributed by atoms with E-state index >= 15 is 0 Å². The lowest BCUT2D eigenvalue weighted by atomic mass is 10.2. The number of amides is 1. The maximum Gasteiger partial charge on any atom is 0.257 e. The monoisotopic (exact) mass is 397 g/mol. The molecule has 1 amide bonds. The molecule has 9 heteroatoms. The molecule has 0 saturated carbocycles. The number of phenolic OH excluding ortho intramolecular Hbond substituents is 1. The fourth-order valence-electron chi connectivity index (χ4n) is 2.41. The Morgan fingerprint density at radius 2 is 1.97 bits per heavy atom. The molecule has 0 saturated heterocycles. The third-order valence-corrected chi connectivity index (χ3v) is 3.93. The maximum absolute atomic E-state index is 14.1. The average molecular weight is 397 g/mol. The van der Waals surface area contributed by atoms with Crippen molar-refractivity contribution in [3.8, 4) is 11.5 Å². The number of nitrogens with one attached hydrogen (secondary N) is 3. The fraction of sp³-hybridized carbons (Fsp3) is 0.150. The summed E-state index contributed by atoms with van der Waals surface area (Å²) in [4.78, 5) is 19.5. The zero-order valence-corrected chi connectivity index (χ0v) is 15.9. The second kappa shape index (κ2) is 8.87. The van der Waals surface area contributed by atoms with Crippen molar-refractivity contribution >= 4 is 29.0 Å². The van der Waals surface area contributed by atoms with Gasteiger partial charge in [-0.1, -0.05) is 12.1 Å². The van der Waals surface area contributed by atoms with Crippen LogP contribution in [0.1, 0.15) is 5.56 Å². The van der Waals surface area contributed by atoms with E-state index in [9.17, 15) is 14.3 Å². The first-order valence-corrected chi connectivity index (χ1v) is 8.74. The summed E-state index contributed by atoms with van der Waals surface area (Å²) in [6, 6.07) is 11.6. The lowest BCUT2D eigenvalue weighted by molar-refractivity contribution is -0.122. The number of carbonyl (C=O) groups excluding carboxylic acids is 1. The van der Waals surface area contributed by atoms with E-state index in [-0.39, 0.29) is 30.0 Å². The Balaban J connectivity index is 1.77. The van der Waals surface area contributed by atoms with Crippen LogP contribution in [0, 0.1) is 12.7 Å². The molecule has 0 aliphatic rings. The van der Waals surface area contributed by atoms with Gasteiger partial charge in [0.05, 0.1) is 6.20 Å². The number of aryl methyl sites for hydroxylation is 1. The molecule has 0 unspecified atom stereocenters. The van der Waals surface area contributed by atoms with E-state index in [4.69, 9.17) is 4.74 Å². The number of anilines is 4. The molecule has 0 spiro atoms. The standard InChI is InChI=1S/C20H20FN5O3/c1-12-6-7-14(9-17(12)29-11-18(28)22-2)25-20-23-10-16(21)19(26-20)24-13-4-3-5-15(27)8-13/h3-10,27H,11H2,1-2H3,(H,22,28)(H2,23,24,25,26). The molecule has 29 heavy (non-hydrogen) atoms. The number of hydrogen-bond acceptors (Lipinski definition) is 7. The fourth-order valence-corrected chi connectivity index (χ4v) is 2.41. The number of aromatic nitrogens is 2. The van der Waals surface area contributed by atoms with Crippen molar-refractivity contribution in [2.75, 3.05) is 24.3 Å². The summed E-state index contributed by atoms with van der Waals surface area (Å²) >= 11 is 0. The van der Waals surface area contributed by atoms with E-state index in [1.165, 1.54) is 19.2 Å². The predicted molar refractivity (Wildman–Crippen MR) is 107 cm³/mol. The normalized spacial score (nSPS) is 10.3. The van der Waals surface area contributed by atoms with Gasteiger partial charge in [-0.05, 0) is 30.7 Å². The largest absolute Gasteiger partial charge is 0.508 e. The number of phenols is 1. The van der Waals surface area contributed by atoms with Gasteiger partial charge in [0, 0.05) is 30.6 Å². The topological polar surface area (TPSA) is 108 Å². The van der Waals surface area contributed by atoms with Gasteiger partial charge in [0.15, 0.2) is 18.2 Å². The van der Waals surface area contributed by atoms with Gasteiger partial charge in [-0.2, -0.15) is 4.98 Å². The first kappa shape index (κ1) is 19.9. The summed E-state index contributed by atoms with van der Waals surface area (Å²) in [7, 11) is 1.53. The number of aromatic hydroxyl groups is 1. The quantitative estimate of drug-likeness (QED) is 0.485. The van der Waals surface area contributed by atoms with Gasteiger partial charge in [-0.15, -0.1) is 0 Å². The SMILES string of the molecule is CNC(=O)COc1cc(Nc2ncc(F)c(Nc3cccc(O)c3)n2)ccc1C. The highest BCUT2D eigenvalue weighted by Crippen LogP contribution is 2.26. The molecule has 2 aromatic carbocycles. The number of ether oxygens (including phenoxy) is 1. The van der Waals surface area contributed by atoms with Crippen LogP contribution in [0.15, 0.2) is 48.7 Å². The second-order valence-corrected chi connectivity index (χ2v) is 6.13. The Morgan fingerprint density at radius 3 is 2.72 bits per heavy atom. The molecular formula is C20H20FN5O3. The van der Waals surface area contributed by atoms with Crippen molar-refractivity contribution in [1.82, 2.24) is 15.3 Å². The highest BCUT2D eigenvalue weighted by Gasteiger charge is 2.10. The van der Waals surface area contributed by atoms with Crippen molar-refractivity contribution in [1.29, 1.82) is 0 Å². The van der Waals surface area contributed by atoms with Crippen molar-refractivity contribution in [3.63, 3.8) is 0 Å². The third kappa shape index (κ3) is 5.32. The third-order valence-electron chi connectivity index (χ3n) is 3.93. The van der Waals surface area contributed by atoms with Crippen molar-refractivity contribution in [2.45, 2.75) is 6.92 Å². The van der Waals surface area contributed by atoms with Crippen LogP contribution in [0.3, 0.4) is 0 Å². The molecule has 1 heterocycles. The zero-order valence-electron chi connectivity index (χ0n) is 15.9. The lowest BCUT2D eigenvalue weighted by Crippen LogP contribution is -2.25. The molecule has 0 radical (unpaired) electrons. The van der Waals surface area contributed by atoms with Crippen LogP contribution in [0.5, 0.6) is 11.5 Å². The van der Waals surface area contributed by atoms with Gasteiger partial charge in [0.25, 0.3) is 5.91 Å². The molecule has 3 aromatic rings. The Hall–Kier alpha value is -3.88. The summed E-state index contributed by atoms with van der Waals surface area (Å²) in [5.74, 6) is -0.193. The number of benzene rings is 2. The Labute approximate surface area is 166 Å². The van der Waals surface area contributed by atoms with E-state index in [0.29, 0.717) is 17.1 Å². The first-order valence-electron chi connectivity index (χ1n) is 8.74. The molecule has 0 bridgehead atoms. The number of halogens is 1. The minimum Gasteiger partial charge on any atom is -0.508 e. The van der Waals surface area contributed by atoms with Gasteiger partial charge in [0.1, 0.15) is 11.5 Å². The van der Waals surface area contributed by atoms with Crippen LogP contribution in [0.25, 0.3) is 0 Å². The first-order chi connectivity index (χ1) is 13.9. The van der Waals surface area contributed by atoms with E-state index in [1.807, 2.05) is 13.0 Å². The van der Waals surface area contributed by atoms with E-state index in [1.54, 1.807) is 24.3 Å². The lowest BCUT2D eigenvalue weighted by Gasteiger charge is -2.12. The minimum absolute atomic E-state index is 0.0451. The zero-order chi connectivity index (χ0) is 20.8. The number of hydrogen-bond donors (Lipinski definition) is 4. The van der Waals surface area contributed by atoms with Crippen LogP contribution >= 0.6 is 0 Å². The summed E-state index contributed by atoms with van der Waals surface area (Å²) in [6.45, 7) is 1.75. The molecule has 3 rings (SSSR count). The molecule has 4 N–H and O–H groups in total. The van der Waals surface area contributed by atoms with E-state index < -0.39 is 5.82 Å². The number of rotatable bonds is 7. The Bertz CT molecular complexity index is 1030. The van der Waals surface area contributed by atoms with Gasteiger partial charge < -0.3 is 25.8 Å². The number of nitrogens with zero attached hydrogens (tertiary/aromatic N) is 2. The second-order valence-electron chi connectivity index (χ2n) is 6.13. The Morgan fingerprint density at radius 1 is 1.17 bits per heavy atom. The number of carbonyl (C=O) groups is 1. The molecular weight excluding hydrogens is 377 g/mol. The molecule has 8 nitrogen and oxygen atoms in total. The minimum atomic E-state index is -0.641. The predicted octanol–water partition coefficient (Wildman–Crippen LogP) is 3.24. The summed E-state index contributed by atoms with van der Waals surface area (Å²) in [5.41, 5.74) is 1.94. The molecule has 1 aromatic heterocycles. The van der Waals surface area contributed by atoms with Crippen LogP contribution in [-0.4, -0.2) is 34.6 Å². The van der Waals surface area contributed by atoms with Crippen LogP contribution in [0.2, 0.25) is 0 Å². The van der Waals surface area contributed by atoms with Crippen LogP contribution in [-0.2, 0) is 4.79 Å². The number of likely N-dealkylation sites (N-methyl/N-ethyl adjacent to an activating group) is 1. The van der Waals surface area contributed by atoms with Crippen LogP contribution in [0.4, 0.5) is 27.5 Å². The highest BCUT2D eigenvalue weighted by molar-refractivity contribution is 5.77. The smallest absolute Gasteiger partial charge is 0.257 e. The summed E-state index contributed by atoms with van der Waals surface area (Å²) in [6.07, 6.45) is 1.04. The molecule has 150 valence electrons. The highest BCUT2D eigenvalue weighted by atomic mass is 19.1. The van der Waals surface area contributed by atoms with Crippen molar-refractivity contribution in [3.05, 3.63) is 60.0 Å².